The SMILES string of the molecule is Cc1c(C)c(C)c2c(nc(CO)n2C)c1C. The van der Waals surface area contributed by atoms with E-state index in [2.05, 4.69) is 32.7 Å². The van der Waals surface area contributed by atoms with Gasteiger partial charge in [-0.1, -0.05) is 0 Å². The summed E-state index contributed by atoms with van der Waals surface area (Å²) >= 11 is 0. The van der Waals surface area contributed by atoms with Crippen molar-refractivity contribution < 1.29 is 5.11 Å². The van der Waals surface area contributed by atoms with Crippen molar-refractivity contribution in [2.24, 2.45) is 7.05 Å². The zero-order valence-corrected chi connectivity index (χ0v) is 10.5. The second-order valence-corrected chi connectivity index (χ2v) is 4.44. The van der Waals surface area contributed by atoms with Crippen molar-refractivity contribution in [1.82, 2.24) is 9.55 Å². The average Bonchev–Trinajstić information content (AvgIpc) is 2.61. The zero-order valence-electron chi connectivity index (χ0n) is 10.5. The molecule has 0 fully saturated rings. The summed E-state index contributed by atoms with van der Waals surface area (Å²) in [6, 6.07) is 0. The lowest BCUT2D eigenvalue weighted by Gasteiger charge is -2.11. The van der Waals surface area contributed by atoms with Crippen molar-refractivity contribution in [2.45, 2.75) is 34.3 Å². The molecule has 1 N–H and O–H groups in total. The number of nitrogens with zero attached hydrogens (tertiary/aromatic N) is 2. The van der Waals surface area contributed by atoms with Gasteiger partial charge < -0.3 is 9.67 Å². The van der Waals surface area contributed by atoms with Gasteiger partial charge in [0.1, 0.15) is 12.4 Å². The van der Waals surface area contributed by atoms with Crippen LogP contribution in [0.5, 0.6) is 0 Å². The second kappa shape index (κ2) is 3.59. The molecule has 0 unspecified atom stereocenters. The Kier molecular flexibility index (Phi) is 2.50. The molecule has 0 aliphatic rings. The molecule has 1 aromatic carbocycles. The monoisotopic (exact) mass is 218 g/mol. The first kappa shape index (κ1) is 11.1. The van der Waals surface area contributed by atoms with Gasteiger partial charge in [-0.25, -0.2) is 4.98 Å². The predicted octanol–water partition coefficient (Wildman–Crippen LogP) is 2.30. The number of aliphatic hydroxyl groups is 1. The number of aryl methyl sites for hydroxylation is 3. The lowest BCUT2D eigenvalue weighted by molar-refractivity contribution is 0.268. The van der Waals surface area contributed by atoms with Crippen LogP contribution in [0.1, 0.15) is 28.1 Å². The van der Waals surface area contributed by atoms with Gasteiger partial charge in [-0.2, -0.15) is 0 Å². The third-order valence-electron chi connectivity index (χ3n) is 3.73. The predicted molar refractivity (Wildman–Crippen MR) is 65.6 cm³/mol. The number of rotatable bonds is 1. The average molecular weight is 218 g/mol. The summed E-state index contributed by atoms with van der Waals surface area (Å²) in [5, 5.41) is 9.26. The molecular formula is C13H18N2O. The van der Waals surface area contributed by atoms with Crippen molar-refractivity contribution in [1.29, 1.82) is 0 Å². The first-order valence-electron chi connectivity index (χ1n) is 5.51. The molecule has 3 nitrogen and oxygen atoms in total. The third-order valence-corrected chi connectivity index (χ3v) is 3.73. The Balaban J connectivity index is 3.00. The van der Waals surface area contributed by atoms with Crippen molar-refractivity contribution in [3.63, 3.8) is 0 Å². The molecule has 3 heteroatoms. The van der Waals surface area contributed by atoms with Gasteiger partial charge in [0, 0.05) is 7.05 Å². The smallest absolute Gasteiger partial charge is 0.135 e. The molecule has 0 atom stereocenters. The Morgan fingerprint density at radius 2 is 1.56 bits per heavy atom. The van der Waals surface area contributed by atoms with Gasteiger partial charge in [0.15, 0.2) is 0 Å². The second-order valence-electron chi connectivity index (χ2n) is 4.44. The highest BCUT2D eigenvalue weighted by atomic mass is 16.3. The van der Waals surface area contributed by atoms with E-state index in [1.807, 2.05) is 11.6 Å². The molecule has 1 aromatic heterocycles. The lowest BCUT2D eigenvalue weighted by atomic mass is 9.97. The largest absolute Gasteiger partial charge is 0.388 e. The van der Waals surface area contributed by atoms with Crippen LogP contribution in [0.2, 0.25) is 0 Å². The van der Waals surface area contributed by atoms with Crippen LogP contribution in [0, 0.1) is 27.7 Å². The summed E-state index contributed by atoms with van der Waals surface area (Å²) in [5.41, 5.74) is 7.25. The Labute approximate surface area is 95.7 Å². The van der Waals surface area contributed by atoms with Crippen LogP contribution in [0.15, 0.2) is 0 Å². The molecule has 0 spiro atoms. The van der Waals surface area contributed by atoms with E-state index in [-0.39, 0.29) is 6.61 Å². The molecule has 2 aromatic rings. The number of benzene rings is 1. The maximum Gasteiger partial charge on any atom is 0.135 e. The van der Waals surface area contributed by atoms with Crippen LogP contribution in [0.4, 0.5) is 0 Å². The van der Waals surface area contributed by atoms with E-state index in [0.717, 1.165) is 16.9 Å². The van der Waals surface area contributed by atoms with Crippen LogP contribution in [0.25, 0.3) is 11.0 Å². The summed E-state index contributed by atoms with van der Waals surface area (Å²) in [7, 11) is 1.96. The number of hydrogen-bond acceptors (Lipinski definition) is 2. The summed E-state index contributed by atoms with van der Waals surface area (Å²) in [4.78, 5) is 4.51. The van der Waals surface area contributed by atoms with Crippen molar-refractivity contribution in [3.8, 4) is 0 Å². The minimum absolute atomic E-state index is 0.0118. The van der Waals surface area contributed by atoms with E-state index in [1.54, 1.807) is 0 Å². The summed E-state index contributed by atoms with van der Waals surface area (Å²) in [6.07, 6.45) is 0. The normalized spacial score (nSPS) is 11.4. The highest BCUT2D eigenvalue weighted by molar-refractivity contribution is 5.85. The number of imidazole rings is 1. The summed E-state index contributed by atoms with van der Waals surface area (Å²) < 4.78 is 1.99. The molecule has 16 heavy (non-hydrogen) atoms. The molecule has 0 aliphatic heterocycles. The van der Waals surface area contributed by atoms with E-state index in [0.29, 0.717) is 0 Å². The molecule has 2 rings (SSSR count). The van der Waals surface area contributed by atoms with Crippen LogP contribution >= 0.6 is 0 Å². The van der Waals surface area contributed by atoms with Crippen LogP contribution in [-0.2, 0) is 13.7 Å². The molecule has 0 bridgehead atoms. The van der Waals surface area contributed by atoms with Gasteiger partial charge in [0.05, 0.1) is 11.0 Å². The van der Waals surface area contributed by atoms with Crippen molar-refractivity contribution >= 4 is 11.0 Å². The van der Waals surface area contributed by atoms with Gasteiger partial charge in [-0.05, 0) is 49.9 Å². The fourth-order valence-electron chi connectivity index (χ4n) is 2.29. The minimum Gasteiger partial charge on any atom is -0.388 e. The highest BCUT2D eigenvalue weighted by Crippen LogP contribution is 2.28. The first-order chi connectivity index (χ1) is 7.49. The van der Waals surface area contributed by atoms with Crippen molar-refractivity contribution in [3.05, 3.63) is 28.1 Å². The quantitative estimate of drug-likeness (QED) is 0.797. The van der Waals surface area contributed by atoms with E-state index in [9.17, 15) is 5.11 Å². The molecular weight excluding hydrogens is 200 g/mol. The van der Waals surface area contributed by atoms with E-state index < -0.39 is 0 Å². The van der Waals surface area contributed by atoms with Crippen LogP contribution in [0.3, 0.4) is 0 Å². The van der Waals surface area contributed by atoms with Crippen molar-refractivity contribution in [2.75, 3.05) is 0 Å². The van der Waals surface area contributed by atoms with Gasteiger partial charge in [0.25, 0.3) is 0 Å². The van der Waals surface area contributed by atoms with Gasteiger partial charge >= 0.3 is 0 Å². The van der Waals surface area contributed by atoms with Crippen LogP contribution < -0.4 is 0 Å². The standard InChI is InChI=1S/C13H18N2O/c1-7-8(2)10(4)13-12(9(7)3)14-11(6-16)15(13)5/h16H,6H2,1-5H3. The van der Waals surface area contributed by atoms with E-state index >= 15 is 0 Å². The Morgan fingerprint density at radius 3 is 2.12 bits per heavy atom. The van der Waals surface area contributed by atoms with E-state index in [4.69, 9.17) is 0 Å². The summed E-state index contributed by atoms with van der Waals surface area (Å²) in [6.45, 7) is 8.47. The van der Waals surface area contributed by atoms with E-state index in [1.165, 1.54) is 22.3 Å². The topological polar surface area (TPSA) is 38.1 Å². The Bertz CT molecular complexity index is 567. The molecule has 0 radical (unpaired) electrons. The number of aromatic nitrogens is 2. The minimum atomic E-state index is -0.0118. The van der Waals surface area contributed by atoms with Gasteiger partial charge in [-0.15, -0.1) is 0 Å². The van der Waals surface area contributed by atoms with Gasteiger partial charge in [-0.3, -0.25) is 0 Å². The molecule has 0 saturated heterocycles. The van der Waals surface area contributed by atoms with Crippen LogP contribution in [-0.4, -0.2) is 14.7 Å². The molecule has 86 valence electrons. The number of hydrogen-bond donors (Lipinski definition) is 1. The molecule has 0 saturated carbocycles. The molecule has 1 heterocycles. The lowest BCUT2D eigenvalue weighted by Crippen LogP contribution is -1.99. The maximum atomic E-state index is 9.26. The first-order valence-corrected chi connectivity index (χ1v) is 5.51. The molecule has 0 amide bonds. The van der Waals surface area contributed by atoms with Gasteiger partial charge in [0.2, 0.25) is 0 Å². The zero-order chi connectivity index (χ0) is 12.0. The fraction of sp³-hybridized carbons (Fsp3) is 0.462. The summed E-state index contributed by atoms with van der Waals surface area (Å²) in [5.74, 6) is 0.728. The highest BCUT2D eigenvalue weighted by Gasteiger charge is 2.15. The fourth-order valence-corrected chi connectivity index (χ4v) is 2.29. The number of fused-ring (bicyclic) bond motifs is 1. The maximum absolute atomic E-state index is 9.26. The Morgan fingerprint density at radius 1 is 1.00 bits per heavy atom. The third kappa shape index (κ3) is 1.28. The molecule has 0 aliphatic carbocycles. The number of aliphatic hydroxyl groups excluding tert-OH is 1. The Hall–Kier alpha value is -1.35.